The standard InChI is InChI=1S/C14H21N3O3/c1-2-11-9-13(16-10-15-11)17-6-3-12(4-7-17)20-8-5-14(18)19/h9-10,12H,2-8H2,1H3,(H,18,19). The number of aliphatic carboxylic acids is 1. The molecule has 0 atom stereocenters. The number of carbonyl (C=O) groups is 1. The van der Waals surface area contributed by atoms with Crippen LogP contribution in [0.4, 0.5) is 5.82 Å². The van der Waals surface area contributed by atoms with Crippen molar-refractivity contribution in [3.05, 3.63) is 18.1 Å². The molecule has 0 aromatic carbocycles. The highest BCUT2D eigenvalue weighted by atomic mass is 16.5. The van der Waals surface area contributed by atoms with E-state index in [0.717, 1.165) is 43.9 Å². The lowest BCUT2D eigenvalue weighted by Gasteiger charge is -2.32. The monoisotopic (exact) mass is 279 g/mol. The molecule has 0 saturated carbocycles. The molecule has 0 spiro atoms. The maximum atomic E-state index is 10.4. The summed E-state index contributed by atoms with van der Waals surface area (Å²) in [6.07, 6.45) is 4.58. The molecule has 0 radical (unpaired) electrons. The molecule has 0 aliphatic carbocycles. The Morgan fingerprint density at radius 3 is 2.85 bits per heavy atom. The first-order valence-electron chi connectivity index (χ1n) is 7.08. The van der Waals surface area contributed by atoms with Crippen LogP contribution in [0.5, 0.6) is 0 Å². The van der Waals surface area contributed by atoms with E-state index >= 15 is 0 Å². The van der Waals surface area contributed by atoms with Gasteiger partial charge in [-0.2, -0.15) is 0 Å². The quantitative estimate of drug-likeness (QED) is 0.850. The third kappa shape index (κ3) is 4.16. The fourth-order valence-electron chi connectivity index (χ4n) is 2.32. The molecule has 20 heavy (non-hydrogen) atoms. The number of carboxylic acids is 1. The second-order valence-electron chi connectivity index (χ2n) is 4.92. The number of piperidine rings is 1. The molecule has 0 amide bonds. The largest absolute Gasteiger partial charge is 0.481 e. The lowest BCUT2D eigenvalue weighted by Crippen LogP contribution is -2.37. The van der Waals surface area contributed by atoms with Gasteiger partial charge < -0.3 is 14.7 Å². The molecule has 0 bridgehead atoms. The molecule has 1 N–H and O–H groups in total. The number of carboxylic acid groups (broad SMARTS) is 1. The number of hydrogen-bond donors (Lipinski definition) is 1. The molecule has 1 aliphatic heterocycles. The third-order valence-corrected chi connectivity index (χ3v) is 3.51. The van der Waals surface area contributed by atoms with E-state index in [2.05, 4.69) is 21.8 Å². The Morgan fingerprint density at radius 1 is 1.45 bits per heavy atom. The number of aromatic nitrogens is 2. The number of aryl methyl sites for hydroxylation is 1. The van der Waals surface area contributed by atoms with E-state index < -0.39 is 5.97 Å². The van der Waals surface area contributed by atoms with Crippen molar-refractivity contribution in [2.75, 3.05) is 24.6 Å². The third-order valence-electron chi connectivity index (χ3n) is 3.51. The summed E-state index contributed by atoms with van der Waals surface area (Å²) in [5, 5.41) is 8.58. The number of ether oxygens (including phenoxy) is 1. The molecule has 1 saturated heterocycles. The first kappa shape index (κ1) is 14.7. The second-order valence-corrected chi connectivity index (χ2v) is 4.92. The van der Waals surface area contributed by atoms with Gasteiger partial charge in [0.25, 0.3) is 0 Å². The number of anilines is 1. The van der Waals surface area contributed by atoms with Gasteiger partial charge in [0.1, 0.15) is 12.1 Å². The van der Waals surface area contributed by atoms with Crippen LogP contribution in [-0.2, 0) is 16.0 Å². The predicted octanol–water partition coefficient (Wildman–Crippen LogP) is 1.50. The molecule has 6 nitrogen and oxygen atoms in total. The highest BCUT2D eigenvalue weighted by Gasteiger charge is 2.21. The van der Waals surface area contributed by atoms with Gasteiger partial charge in [0.05, 0.1) is 19.1 Å². The van der Waals surface area contributed by atoms with Crippen molar-refractivity contribution in [2.24, 2.45) is 0 Å². The zero-order chi connectivity index (χ0) is 14.4. The predicted molar refractivity (Wildman–Crippen MR) is 74.8 cm³/mol. The minimum atomic E-state index is -0.810. The zero-order valence-corrected chi connectivity index (χ0v) is 11.8. The summed E-state index contributed by atoms with van der Waals surface area (Å²) < 4.78 is 5.58. The van der Waals surface area contributed by atoms with Crippen LogP contribution < -0.4 is 4.90 Å². The fraction of sp³-hybridized carbons (Fsp3) is 0.643. The van der Waals surface area contributed by atoms with Gasteiger partial charge in [-0.15, -0.1) is 0 Å². The van der Waals surface area contributed by atoms with Crippen molar-refractivity contribution in [1.82, 2.24) is 9.97 Å². The van der Waals surface area contributed by atoms with Gasteiger partial charge >= 0.3 is 5.97 Å². The molecule has 6 heteroatoms. The van der Waals surface area contributed by atoms with E-state index in [1.165, 1.54) is 0 Å². The van der Waals surface area contributed by atoms with Crippen LogP contribution in [-0.4, -0.2) is 46.8 Å². The van der Waals surface area contributed by atoms with Gasteiger partial charge in [-0.25, -0.2) is 9.97 Å². The highest BCUT2D eigenvalue weighted by molar-refractivity contribution is 5.66. The van der Waals surface area contributed by atoms with Gasteiger partial charge in [0.15, 0.2) is 0 Å². The minimum absolute atomic E-state index is 0.0754. The molecule has 2 rings (SSSR count). The minimum Gasteiger partial charge on any atom is -0.481 e. The van der Waals surface area contributed by atoms with Crippen LogP contribution in [0.3, 0.4) is 0 Å². The zero-order valence-electron chi connectivity index (χ0n) is 11.8. The summed E-state index contributed by atoms with van der Waals surface area (Å²) in [5.41, 5.74) is 1.05. The molecular formula is C14H21N3O3. The summed E-state index contributed by atoms with van der Waals surface area (Å²) in [4.78, 5) is 21.2. The Balaban J connectivity index is 1.80. The maximum Gasteiger partial charge on any atom is 0.305 e. The van der Waals surface area contributed by atoms with E-state index in [1.807, 2.05) is 6.07 Å². The van der Waals surface area contributed by atoms with Gasteiger partial charge in [-0.1, -0.05) is 6.92 Å². The average molecular weight is 279 g/mol. The second kappa shape index (κ2) is 7.19. The molecule has 2 heterocycles. The van der Waals surface area contributed by atoms with Gasteiger partial charge in [0, 0.05) is 24.8 Å². The van der Waals surface area contributed by atoms with Crippen LogP contribution in [0, 0.1) is 0 Å². The van der Waals surface area contributed by atoms with Crippen molar-refractivity contribution in [1.29, 1.82) is 0 Å². The summed E-state index contributed by atoms with van der Waals surface area (Å²) in [7, 11) is 0. The van der Waals surface area contributed by atoms with Gasteiger partial charge in [0.2, 0.25) is 0 Å². The van der Waals surface area contributed by atoms with Gasteiger partial charge in [-0.05, 0) is 19.3 Å². The lowest BCUT2D eigenvalue weighted by molar-refractivity contribution is -0.138. The molecular weight excluding hydrogens is 258 g/mol. The van der Waals surface area contributed by atoms with Crippen LogP contribution in [0.25, 0.3) is 0 Å². The first-order chi connectivity index (χ1) is 9.69. The topological polar surface area (TPSA) is 75.5 Å². The maximum absolute atomic E-state index is 10.4. The van der Waals surface area contributed by atoms with Crippen molar-refractivity contribution in [3.63, 3.8) is 0 Å². The molecule has 1 aromatic heterocycles. The van der Waals surface area contributed by atoms with E-state index in [4.69, 9.17) is 9.84 Å². The first-order valence-corrected chi connectivity index (χ1v) is 7.08. The Kier molecular flexibility index (Phi) is 5.29. The summed E-state index contributed by atoms with van der Waals surface area (Å²) in [6, 6.07) is 2.03. The fourth-order valence-corrected chi connectivity index (χ4v) is 2.32. The highest BCUT2D eigenvalue weighted by Crippen LogP contribution is 2.20. The Bertz CT molecular complexity index is 445. The molecule has 1 aliphatic rings. The summed E-state index contributed by atoms with van der Waals surface area (Å²) >= 11 is 0. The van der Waals surface area contributed by atoms with Crippen molar-refractivity contribution in [3.8, 4) is 0 Å². The molecule has 1 fully saturated rings. The molecule has 110 valence electrons. The van der Waals surface area contributed by atoms with Crippen molar-refractivity contribution < 1.29 is 14.6 Å². The van der Waals surface area contributed by atoms with Gasteiger partial charge in [-0.3, -0.25) is 4.79 Å². The number of rotatable bonds is 6. The van der Waals surface area contributed by atoms with Crippen LogP contribution in [0.2, 0.25) is 0 Å². The summed E-state index contributed by atoms with van der Waals surface area (Å²) in [5.74, 6) is 0.163. The van der Waals surface area contributed by atoms with Crippen LogP contribution in [0.1, 0.15) is 31.9 Å². The van der Waals surface area contributed by atoms with E-state index in [0.29, 0.717) is 6.61 Å². The molecule has 0 unspecified atom stereocenters. The van der Waals surface area contributed by atoms with Crippen molar-refractivity contribution >= 4 is 11.8 Å². The Labute approximate surface area is 118 Å². The Hall–Kier alpha value is -1.69. The summed E-state index contributed by atoms with van der Waals surface area (Å²) in [6.45, 7) is 4.15. The number of hydrogen-bond acceptors (Lipinski definition) is 5. The van der Waals surface area contributed by atoms with E-state index in [9.17, 15) is 4.79 Å². The SMILES string of the molecule is CCc1cc(N2CCC(OCCC(=O)O)CC2)ncn1. The Morgan fingerprint density at radius 2 is 2.20 bits per heavy atom. The van der Waals surface area contributed by atoms with Crippen LogP contribution >= 0.6 is 0 Å². The van der Waals surface area contributed by atoms with E-state index in [1.54, 1.807) is 6.33 Å². The van der Waals surface area contributed by atoms with Crippen molar-refractivity contribution in [2.45, 2.75) is 38.7 Å². The lowest BCUT2D eigenvalue weighted by atomic mass is 10.1. The smallest absolute Gasteiger partial charge is 0.305 e. The normalized spacial score (nSPS) is 16.4. The van der Waals surface area contributed by atoms with E-state index in [-0.39, 0.29) is 12.5 Å². The average Bonchev–Trinajstić information content (AvgIpc) is 2.48. The number of nitrogens with zero attached hydrogens (tertiary/aromatic N) is 3. The molecule has 1 aromatic rings. The van der Waals surface area contributed by atoms with Crippen LogP contribution in [0.15, 0.2) is 12.4 Å².